The zero-order valence-corrected chi connectivity index (χ0v) is 11.6. The summed E-state index contributed by atoms with van der Waals surface area (Å²) >= 11 is 3.38. The normalized spacial score (nSPS) is 19.6. The summed E-state index contributed by atoms with van der Waals surface area (Å²) in [6, 6.07) is 3.69. The first-order valence-corrected chi connectivity index (χ1v) is 6.91. The van der Waals surface area contributed by atoms with E-state index in [9.17, 15) is 4.79 Å². The highest BCUT2D eigenvalue weighted by atomic mass is 79.9. The van der Waals surface area contributed by atoms with Gasteiger partial charge in [0.2, 0.25) is 0 Å². The zero-order valence-electron chi connectivity index (χ0n) is 10.0. The maximum absolute atomic E-state index is 12.3. The lowest BCUT2D eigenvalue weighted by molar-refractivity contribution is 0.0779. The van der Waals surface area contributed by atoms with Gasteiger partial charge in [0.25, 0.3) is 5.91 Å². The summed E-state index contributed by atoms with van der Waals surface area (Å²) in [4.78, 5) is 18.3. The molecule has 0 aliphatic carbocycles. The summed E-state index contributed by atoms with van der Waals surface area (Å²) < 4.78 is 0.781. The van der Waals surface area contributed by atoms with E-state index in [-0.39, 0.29) is 5.91 Å². The molecule has 2 heterocycles. The molecule has 1 aliphatic rings. The second kappa shape index (κ2) is 5.63. The summed E-state index contributed by atoms with van der Waals surface area (Å²) in [5.74, 6) is 0.725. The predicted molar refractivity (Wildman–Crippen MR) is 70.9 cm³/mol. The molecule has 1 amide bonds. The van der Waals surface area contributed by atoms with E-state index < -0.39 is 0 Å². The molecule has 0 spiro atoms. The number of pyridine rings is 1. The monoisotopic (exact) mass is 296 g/mol. The van der Waals surface area contributed by atoms with Crippen molar-refractivity contribution in [3.05, 3.63) is 28.5 Å². The number of hydrogen-bond donors (Lipinski definition) is 0. The number of carbonyl (C=O) groups excluding carboxylic acids is 1. The van der Waals surface area contributed by atoms with Crippen LogP contribution < -0.4 is 0 Å². The van der Waals surface area contributed by atoms with Crippen molar-refractivity contribution in [1.82, 2.24) is 9.88 Å². The molecule has 3 nitrogen and oxygen atoms in total. The third-order valence-corrected chi connectivity index (χ3v) is 3.87. The van der Waals surface area contributed by atoms with E-state index in [1.807, 2.05) is 17.0 Å². The highest BCUT2D eigenvalue weighted by Gasteiger charge is 2.27. The predicted octanol–water partition coefficient (Wildman–Crippen LogP) is 3.11. The van der Waals surface area contributed by atoms with Gasteiger partial charge in [-0.2, -0.15) is 0 Å². The largest absolute Gasteiger partial charge is 0.337 e. The van der Waals surface area contributed by atoms with Gasteiger partial charge in [-0.25, -0.2) is 4.98 Å². The number of hydrogen-bond acceptors (Lipinski definition) is 2. The molecule has 1 aromatic heterocycles. The van der Waals surface area contributed by atoms with Gasteiger partial charge in [-0.3, -0.25) is 4.79 Å². The van der Waals surface area contributed by atoms with Crippen molar-refractivity contribution in [3.63, 3.8) is 0 Å². The van der Waals surface area contributed by atoms with Crippen LogP contribution in [0.2, 0.25) is 0 Å². The molecule has 1 aromatic rings. The molecule has 0 bridgehead atoms. The summed E-state index contributed by atoms with van der Waals surface area (Å²) in [7, 11) is 0. The van der Waals surface area contributed by atoms with Crippen molar-refractivity contribution in [3.8, 4) is 0 Å². The Morgan fingerprint density at radius 1 is 1.65 bits per heavy atom. The molecule has 1 fully saturated rings. The molecule has 0 aromatic carbocycles. The van der Waals surface area contributed by atoms with Crippen LogP contribution in [0.15, 0.2) is 22.8 Å². The molecule has 1 saturated heterocycles. The Morgan fingerprint density at radius 3 is 3.18 bits per heavy atom. The molecule has 1 unspecified atom stereocenters. The van der Waals surface area contributed by atoms with Crippen LogP contribution in [0.1, 0.15) is 36.7 Å². The molecular formula is C13H17BrN2O. The quantitative estimate of drug-likeness (QED) is 0.859. The van der Waals surface area contributed by atoms with E-state index in [1.54, 1.807) is 6.20 Å². The van der Waals surface area contributed by atoms with Crippen LogP contribution in [0.4, 0.5) is 0 Å². The number of likely N-dealkylation sites (tertiary alicyclic amines) is 1. The van der Waals surface area contributed by atoms with Crippen LogP contribution in [0.25, 0.3) is 0 Å². The molecule has 0 radical (unpaired) electrons. The van der Waals surface area contributed by atoms with Gasteiger partial charge in [-0.15, -0.1) is 0 Å². The maximum Gasteiger partial charge on any atom is 0.273 e. The molecule has 4 heteroatoms. The van der Waals surface area contributed by atoms with Crippen LogP contribution in [0, 0.1) is 5.92 Å². The summed E-state index contributed by atoms with van der Waals surface area (Å²) in [5, 5.41) is 0. The molecule has 1 atom stereocenters. The Kier molecular flexibility index (Phi) is 4.15. The van der Waals surface area contributed by atoms with Crippen molar-refractivity contribution in [2.75, 3.05) is 13.1 Å². The number of nitrogens with zero attached hydrogens (tertiary/aromatic N) is 2. The lowest BCUT2D eigenvalue weighted by Crippen LogP contribution is -2.29. The fraction of sp³-hybridized carbons (Fsp3) is 0.538. The number of aromatic nitrogens is 1. The van der Waals surface area contributed by atoms with E-state index in [0.717, 1.165) is 24.0 Å². The second-order valence-electron chi connectivity index (χ2n) is 4.53. The van der Waals surface area contributed by atoms with Crippen LogP contribution in [-0.4, -0.2) is 28.9 Å². The molecular weight excluding hydrogens is 280 g/mol. The first-order valence-electron chi connectivity index (χ1n) is 6.12. The molecule has 17 heavy (non-hydrogen) atoms. The fourth-order valence-electron chi connectivity index (χ4n) is 2.35. The van der Waals surface area contributed by atoms with Crippen LogP contribution in [0.3, 0.4) is 0 Å². The number of amides is 1. The van der Waals surface area contributed by atoms with Crippen LogP contribution >= 0.6 is 15.9 Å². The van der Waals surface area contributed by atoms with Crippen LogP contribution in [0.5, 0.6) is 0 Å². The van der Waals surface area contributed by atoms with Gasteiger partial charge in [0, 0.05) is 23.8 Å². The lowest BCUT2D eigenvalue weighted by Gasteiger charge is -2.16. The third-order valence-electron chi connectivity index (χ3n) is 3.23. The Hall–Kier alpha value is -0.900. The molecule has 92 valence electrons. The van der Waals surface area contributed by atoms with Crippen molar-refractivity contribution in [2.45, 2.75) is 26.2 Å². The number of rotatable bonds is 3. The minimum atomic E-state index is 0.0519. The van der Waals surface area contributed by atoms with Gasteiger partial charge < -0.3 is 4.90 Å². The highest BCUT2D eigenvalue weighted by molar-refractivity contribution is 9.10. The SMILES string of the molecule is CCCC1CCN(C(=O)c2ncccc2Br)C1. The first-order chi connectivity index (χ1) is 8.22. The Labute approximate surface area is 110 Å². The van der Waals surface area contributed by atoms with Gasteiger partial charge in [0.15, 0.2) is 0 Å². The first kappa shape index (κ1) is 12.6. The van der Waals surface area contributed by atoms with Crippen LogP contribution in [-0.2, 0) is 0 Å². The average molecular weight is 297 g/mol. The minimum Gasteiger partial charge on any atom is -0.337 e. The van der Waals surface area contributed by atoms with Gasteiger partial charge in [0.1, 0.15) is 5.69 Å². The van der Waals surface area contributed by atoms with Gasteiger partial charge in [0.05, 0.1) is 0 Å². The number of halogens is 1. The zero-order chi connectivity index (χ0) is 12.3. The second-order valence-corrected chi connectivity index (χ2v) is 5.38. The summed E-state index contributed by atoms with van der Waals surface area (Å²) in [5.41, 5.74) is 0.532. The average Bonchev–Trinajstić information content (AvgIpc) is 2.78. The third kappa shape index (κ3) is 2.86. The maximum atomic E-state index is 12.3. The lowest BCUT2D eigenvalue weighted by atomic mass is 10.0. The van der Waals surface area contributed by atoms with Crippen molar-refractivity contribution in [2.24, 2.45) is 5.92 Å². The fourth-order valence-corrected chi connectivity index (χ4v) is 2.78. The number of carbonyl (C=O) groups is 1. The van der Waals surface area contributed by atoms with Crippen molar-refractivity contribution >= 4 is 21.8 Å². The van der Waals surface area contributed by atoms with E-state index >= 15 is 0 Å². The van der Waals surface area contributed by atoms with E-state index in [1.165, 1.54) is 12.8 Å². The Bertz CT molecular complexity index is 408. The Morgan fingerprint density at radius 2 is 2.47 bits per heavy atom. The smallest absolute Gasteiger partial charge is 0.273 e. The molecule has 0 saturated carbocycles. The van der Waals surface area contributed by atoms with E-state index in [4.69, 9.17) is 0 Å². The molecule has 0 N–H and O–H groups in total. The van der Waals surface area contributed by atoms with Gasteiger partial charge >= 0.3 is 0 Å². The van der Waals surface area contributed by atoms with Gasteiger partial charge in [-0.1, -0.05) is 13.3 Å². The molecule has 1 aliphatic heterocycles. The summed E-state index contributed by atoms with van der Waals surface area (Å²) in [6.45, 7) is 3.95. The summed E-state index contributed by atoms with van der Waals surface area (Å²) in [6.07, 6.45) is 5.20. The standard InChI is InChI=1S/C13H17BrN2O/c1-2-4-10-6-8-16(9-10)13(17)12-11(14)5-3-7-15-12/h3,5,7,10H,2,4,6,8-9H2,1H3. The van der Waals surface area contributed by atoms with Crippen molar-refractivity contribution in [1.29, 1.82) is 0 Å². The molecule has 2 rings (SSSR count). The highest BCUT2D eigenvalue weighted by Crippen LogP contribution is 2.24. The van der Waals surface area contributed by atoms with E-state index in [0.29, 0.717) is 11.6 Å². The minimum absolute atomic E-state index is 0.0519. The topological polar surface area (TPSA) is 33.2 Å². The van der Waals surface area contributed by atoms with E-state index in [2.05, 4.69) is 27.8 Å². The van der Waals surface area contributed by atoms with Gasteiger partial charge in [-0.05, 0) is 46.8 Å². The van der Waals surface area contributed by atoms with Crippen molar-refractivity contribution < 1.29 is 4.79 Å². The Balaban J connectivity index is 2.05.